The second kappa shape index (κ2) is 6.75. The third kappa shape index (κ3) is 3.36. The third-order valence-electron chi connectivity index (χ3n) is 3.66. The van der Waals surface area contributed by atoms with Gasteiger partial charge in [-0.3, -0.25) is 4.57 Å². The molecule has 1 N–H and O–H groups in total. The maximum Gasteiger partial charge on any atom is 0.229 e. The van der Waals surface area contributed by atoms with E-state index in [-0.39, 0.29) is 0 Å². The number of aromatic nitrogens is 4. The van der Waals surface area contributed by atoms with Gasteiger partial charge in [0.25, 0.3) is 0 Å². The highest BCUT2D eigenvalue weighted by Crippen LogP contribution is 2.21. The molecule has 5 nitrogen and oxygen atoms in total. The SMILES string of the molecule is Clc1ccc(Nc2nccc(-n3ccnc3-c3ccccc3)n2)cc1. The van der Waals surface area contributed by atoms with Crippen LogP contribution in [0.15, 0.2) is 79.3 Å². The molecule has 2 aromatic heterocycles. The lowest BCUT2D eigenvalue weighted by molar-refractivity contribution is 0.983. The summed E-state index contributed by atoms with van der Waals surface area (Å²) in [4.78, 5) is 13.3. The van der Waals surface area contributed by atoms with Crippen LogP contribution in [0.3, 0.4) is 0 Å². The Hall–Kier alpha value is -3.18. The Morgan fingerprint density at radius 2 is 1.64 bits per heavy atom. The van der Waals surface area contributed by atoms with E-state index in [2.05, 4.69) is 20.3 Å². The minimum atomic E-state index is 0.507. The molecule has 0 amide bonds. The maximum absolute atomic E-state index is 5.91. The lowest BCUT2D eigenvalue weighted by Crippen LogP contribution is -2.03. The average Bonchev–Trinajstić information content (AvgIpc) is 3.15. The number of hydrogen-bond acceptors (Lipinski definition) is 4. The highest BCUT2D eigenvalue weighted by Gasteiger charge is 2.09. The number of nitrogens with one attached hydrogen (secondary N) is 1. The molecule has 0 unspecified atom stereocenters. The van der Waals surface area contributed by atoms with Crippen molar-refractivity contribution in [3.63, 3.8) is 0 Å². The summed E-state index contributed by atoms with van der Waals surface area (Å²) in [5.41, 5.74) is 1.90. The summed E-state index contributed by atoms with van der Waals surface area (Å²) in [7, 11) is 0. The monoisotopic (exact) mass is 347 g/mol. The van der Waals surface area contributed by atoms with Crippen LogP contribution < -0.4 is 5.32 Å². The van der Waals surface area contributed by atoms with Gasteiger partial charge in [0.2, 0.25) is 5.95 Å². The molecule has 0 atom stereocenters. The molecular formula is C19H14ClN5. The highest BCUT2D eigenvalue weighted by atomic mass is 35.5. The van der Waals surface area contributed by atoms with Crippen LogP contribution in [0, 0.1) is 0 Å². The molecule has 4 aromatic rings. The smallest absolute Gasteiger partial charge is 0.229 e. The summed E-state index contributed by atoms with van der Waals surface area (Å²) in [5, 5.41) is 3.86. The fourth-order valence-electron chi connectivity index (χ4n) is 2.50. The van der Waals surface area contributed by atoms with E-state index in [1.807, 2.05) is 71.4 Å². The summed E-state index contributed by atoms with van der Waals surface area (Å²) in [6.07, 6.45) is 5.36. The summed E-state index contributed by atoms with van der Waals surface area (Å²) in [6.45, 7) is 0. The molecule has 0 aliphatic carbocycles. The topological polar surface area (TPSA) is 55.6 Å². The maximum atomic E-state index is 5.91. The number of rotatable bonds is 4. The third-order valence-corrected chi connectivity index (χ3v) is 3.91. The summed E-state index contributed by atoms with van der Waals surface area (Å²) in [5.74, 6) is 2.08. The van der Waals surface area contributed by atoms with Crippen molar-refractivity contribution in [2.45, 2.75) is 0 Å². The zero-order valence-corrected chi connectivity index (χ0v) is 13.9. The molecule has 2 aromatic carbocycles. The molecule has 0 aliphatic heterocycles. The second-order valence-electron chi connectivity index (χ2n) is 5.36. The van der Waals surface area contributed by atoms with Crippen molar-refractivity contribution in [2.75, 3.05) is 5.32 Å². The van der Waals surface area contributed by atoms with E-state index in [9.17, 15) is 0 Å². The molecule has 4 rings (SSSR count). The van der Waals surface area contributed by atoms with Crippen LogP contribution in [0.5, 0.6) is 0 Å². The van der Waals surface area contributed by atoms with Gasteiger partial charge in [-0.05, 0) is 30.3 Å². The fraction of sp³-hybridized carbons (Fsp3) is 0. The standard InChI is InChI=1S/C19H14ClN5/c20-15-6-8-16(9-7-15)23-19-22-11-10-17(24-19)25-13-12-21-18(25)14-4-2-1-3-5-14/h1-13H,(H,22,23,24). The number of hydrogen-bond donors (Lipinski definition) is 1. The van der Waals surface area contributed by atoms with Gasteiger partial charge in [-0.2, -0.15) is 4.98 Å². The molecule has 0 aliphatic rings. The van der Waals surface area contributed by atoms with Gasteiger partial charge in [0, 0.05) is 34.9 Å². The highest BCUT2D eigenvalue weighted by molar-refractivity contribution is 6.30. The molecule has 122 valence electrons. The molecule has 25 heavy (non-hydrogen) atoms. The van der Waals surface area contributed by atoms with Gasteiger partial charge in [-0.15, -0.1) is 0 Å². The van der Waals surface area contributed by atoms with Gasteiger partial charge in [0.15, 0.2) is 0 Å². The Bertz CT molecular complexity index is 980. The lowest BCUT2D eigenvalue weighted by Gasteiger charge is -2.09. The molecular weight excluding hydrogens is 334 g/mol. The quantitative estimate of drug-likeness (QED) is 0.580. The molecule has 0 bridgehead atoms. The first-order valence-corrected chi connectivity index (χ1v) is 8.12. The number of halogens is 1. The van der Waals surface area contributed by atoms with Crippen molar-refractivity contribution in [2.24, 2.45) is 0 Å². The first-order valence-electron chi connectivity index (χ1n) is 7.74. The van der Waals surface area contributed by atoms with E-state index in [0.717, 1.165) is 22.9 Å². The van der Waals surface area contributed by atoms with Crippen molar-refractivity contribution in [1.29, 1.82) is 0 Å². The summed E-state index contributed by atoms with van der Waals surface area (Å²) < 4.78 is 1.93. The van der Waals surface area contributed by atoms with Crippen LogP contribution in [0.2, 0.25) is 5.02 Å². The van der Waals surface area contributed by atoms with E-state index in [1.54, 1.807) is 12.4 Å². The predicted octanol–water partition coefficient (Wildman–Crippen LogP) is 4.73. The number of benzene rings is 2. The lowest BCUT2D eigenvalue weighted by atomic mass is 10.2. The van der Waals surface area contributed by atoms with Crippen LogP contribution in [0.25, 0.3) is 17.2 Å². The first kappa shape index (κ1) is 15.4. The van der Waals surface area contributed by atoms with Crippen LogP contribution in [-0.2, 0) is 0 Å². The normalized spacial score (nSPS) is 10.6. The molecule has 0 spiro atoms. The minimum Gasteiger partial charge on any atom is -0.324 e. The summed E-state index contributed by atoms with van der Waals surface area (Å²) >= 11 is 5.91. The van der Waals surface area contributed by atoms with Crippen LogP contribution >= 0.6 is 11.6 Å². The Kier molecular flexibility index (Phi) is 4.14. The zero-order valence-electron chi connectivity index (χ0n) is 13.2. The van der Waals surface area contributed by atoms with Crippen molar-refractivity contribution in [3.8, 4) is 17.2 Å². The van der Waals surface area contributed by atoms with Crippen molar-refractivity contribution < 1.29 is 0 Å². The van der Waals surface area contributed by atoms with Crippen LogP contribution in [-0.4, -0.2) is 19.5 Å². The fourth-order valence-corrected chi connectivity index (χ4v) is 2.62. The van der Waals surface area contributed by atoms with Gasteiger partial charge in [0.05, 0.1) is 0 Å². The van der Waals surface area contributed by atoms with Gasteiger partial charge < -0.3 is 5.32 Å². The minimum absolute atomic E-state index is 0.507. The van der Waals surface area contributed by atoms with E-state index in [0.29, 0.717) is 11.0 Å². The molecule has 0 radical (unpaired) electrons. The number of anilines is 2. The average molecular weight is 348 g/mol. The van der Waals surface area contributed by atoms with E-state index in [1.165, 1.54) is 0 Å². The molecule has 2 heterocycles. The van der Waals surface area contributed by atoms with Gasteiger partial charge in [-0.1, -0.05) is 41.9 Å². The number of nitrogens with zero attached hydrogens (tertiary/aromatic N) is 4. The van der Waals surface area contributed by atoms with Gasteiger partial charge in [0.1, 0.15) is 11.6 Å². The Morgan fingerprint density at radius 1 is 0.840 bits per heavy atom. The van der Waals surface area contributed by atoms with E-state index in [4.69, 9.17) is 11.6 Å². The van der Waals surface area contributed by atoms with Gasteiger partial charge in [-0.25, -0.2) is 9.97 Å². The largest absolute Gasteiger partial charge is 0.324 e. The van der Waals surface area contributed by atoms with E-state index >= 15 is 0 Å². The van der Waals surface area contributed by atoms with Crippen LogP contribution in [0.4, 0.5) is 11.6 Å². The van der Waals surface area contributed by atoms with Crippen LogP contribution in [0.1, 0.15) is 0 Å². The summed E-state index contributed by atoms with van der Waals surface area (Å²) in [6, 6.07) is 19.2. The molecule has 0 saturated heterocycles. The Balaban J connectivity index is 1.67. The number of imidazole rings is 1. The molecule has 6 heteroatoms. The zero-order chi connectivity index (χ0) is 17.1. The van der Waals surface area contributed by atoms with Gasteiger partial charge >= 0.3 is 0 Å². The first-order chi connectivity index (χ1) is 12.3. The van der Waals surface area contributed by atoms with Crippen molar-refractivity contribution in [1.82, 2.24) is 19.5 Å². The second-order valence-corrected chi connectivity index (χ2v) is 5.79. The molecule has 0 saturated carbocycles. The Morgan fingerprint density at radius 3 is 2.44 bits per heavy atom. The predicted molar refractivity (Wildman–Crippen MR) is 99.3 cm³/mol. The van der Waals surface area contributed by atoms with E-state index < -0.39 is 0 Å². The van der Waals surface area contributed by atoms with Crippen molar-refractivity contribution in [3.05, 3.63) is 84.3 Å². The van der Waals surface area contributed by atoms with Crippen molar-refractivity contribution >= 4 is 23.2 Å². The Labute approximate surface area is 150 Å². The molecule has 0 fully saturated rings.